The van der Waals surface area contributed by atoms with Crippen LogP contribution in [0.3, 0.4) is 0 Å². The Bertz CT molecular complexity index is 585. The van der Waals surface area contributed by atoms with Gasteiger partial charge in [0.25, 0.3) is 0 Å². The van der Waals surface area contributed by atoms with Gasteiger partial charge in [-0.1, -0.05) is 49.2 Å². The second-order valence-corrected chi connectivity index (χ2v) is 9.05. The molecule has 0 aromatic carbocycles. The molecule has 0 radical (unpaired) electrons. The minimum absolute atomic E-state index is 0.546. The van der Waals surface area contributed by atoms with Crippen molar-refractivity contribution in [2.45, 2.75) is 75.5 Å². The molecule has 0 aromatic heterocycles. The second kappa shape index (κ2) is 6.03. The van der Waals surface area contributed by atoms with E-state index in [1.165, 1.54) is 67.4 Å². The molecule has 2 fully saturated rings. The Morgan fingerprint density at radius 2 is 1.91 bits per heavy atom. The molecule has 0 saturated heterocycles. The zero-order valence-electron chi connectivity index (χ0n) is 13.4. The molecule has 0 amide bonds. The quantitative estimate of drug-likeness (QED) is 0.828. The number of nitrogens with zero attached hydrogens (tertiary/aromatic N) is 3. The van der Waals surface area contributed by atoms with Gasteiger partial charge in [-0.25, -0.2) is 0 Å². The van der Waals surface area contributed by atoms with Gasteiger partial charge >= 0.3 is 0 Å². The molecule has 23 heavy (non-hydrogen) atoms. The van der Waals surface area contributed by atoms with Gasteiger partial charge in [0.2, 0.25) is 0 Å². The van der Waals surface area contributed by atoms with Crippen molar-refractivity contribution in [1.82, 2.24) is 10.2 Å². The molecule has 6 heteroatoms. The first-order chi connectivity index (χ1) is 11.4. The number of nitrogens with one attached hydrogen (secondary N) is 1. The van der Waals surface area contributed by atoms with Crippen LogP contribution in [0, 0.1) is 0 Å². The Labute approximate surface area is 146 Å². The third-order valence-electron chi connectivity index (χ3n) is 5.80. The predicted octanol–water partition coefficient (Wildman–Crippen LogP) is 3.56. The third-order valence-corrected chi connectivity index (χ3v) is 7.64. The van der Waals surface area contributed by atoms with Crippen LogP contribution >= 0.6 is 23.5 Å². The van der Waals surface area contributed by atoms with Crippen LogP contribution < -0.4 is 5.32 Å². The van der Waals surface area contributed by atoms with Crippen molar-refractivity contribution < 1.29 is 0 Å². The molecular formula is C17H24N4S2. The summed E-state index contributed by atoms with van der Waals surface area (Å²) >= 11 is 3.73. The van der Waals surface area contributed by atoms with Crippen molar-refractivity contribution in [2.75, 3.05) is 5.75 Å². The van der Waals surface area contributed by atoms with Crippen molar-refractivity contribution in [1.29, 1.82) is 0 Å². The molecule has 5 aliphatic rings. The van der Waals surface area contributed by atoms with Crippen molar-refractivity contribution in [3.8, 4) is 0 Å². The van der Waals surface area contributed by atoms with E-state index in [4.69, 9.17) is 9.98 Å². The zero-order valence-corrected chi connectivity index (χ0v) is 15.0. The molecule has 5 rings (SSSR count). The highest BCUT2D eigenvalue weighted by Crippen LogP contribution is 2.41. The summed E-state index contributed by atoms with van der Waals surface area (Å²) in [6, 6.07) is 2.36. The Hall–Kier alpha value is -0.620. The molecule has 4 atom stereocenters. The molecule has 1 N–H and O–H groups in total. The number of amidine groups is 2. The first-order valence-corrected chi connectivity index (χ1v) is 10.9. The van der Waals surface area contributed by atoms with Crippen molar-refractivity contribution in [3.63, 3.8) is 0 Å². The fourth-order valence-electron chi connectivity index (χ4n) is 4.60. The maximum Gasteiger partial charge on any atom is 0.168 e. The number of hydrogen-bond donors (Lipinski definition) is 1. The van der Waals surface area contributed by atoms with Gasteiger partial charge < -0.3 is 10.2 Å². The molecule has 3 heterocycles. The van der Waals surface area contributed by atoms with E-state index in [-0.39, 0.29) is 0 Å². The van der Waals surface area contributed by atoms with Crippen LogP contribution in [-0.4, -0.2) is 45.2 Å². The lowest BCUT2D eigenvalue weighted by Gasteiger charge is -2.31. The number of hydrogen-bond acceptors (Lipinski definition) is 6. The molecule has 0 spiro atoms. The van der Waals surface area contributed by atoms with E-state index in [0.29, 0.717) is 24.2 Å². The van der Waals surface area contributed by atoms with Gasteiger partial charge in [0.1, 0.15) is 0 Å². The minimum atomic E-state index is 0.546. The highest BCUT2D eigenvalue weighted by Gasteiger charge is 2.41. The van der Waals surface area contributed by atoms with Crippen LogP contribution in [0.1, 0.15) is 51.4 Å². The lowest BCUT2D eigenvalue weighted by atomic mass is 9.91. The number of aliphatic imine (C=N–C) groups is 2. The van der Waals surface area contributed by atoms with Crippen LogP contribution in [0.4, 0.5) is 0 Å². The van der Waals surface area contributed by atoms with Crippen LogP contribution in [0.25, 0.3) is 0 Å². The number of rotatable bonds is 2. The van der Waals surface area contributed by atoms with E-state index in [1.54, 1.807) is 0 Å². The molecule has 0 unspecified atom stereocenters. The Balaban J connectivity index is 1.23. The first kappa shape index (κ1) is 14.7. The highest BCUT2D eigenvalue weighted by atomic mass is 32.2. The summed E-state index contributed by atoms with van der Waals surface area (Å²) in [5.41, 5.74) is 1.45. The van der Waals surface area contributed by atoms with Crippen molar-refractivity contribution in [3.05, 3.63) is 11.1 Å². The summed E-state index contributed by atoms with van der Waals surface area (Å²) < 4.78 is 0. The lowest BCUT2D eigenvalue weighted by Crippen LogP contribution is -2.39. The molecule has 0 bridgehead atoms. The lowest BCUT2D eigenvalue weighted by molar-refractivity contribution is 0.285. The molecule has 0 aromatic rings. The van der Waals surface area contributed by atoms with Crippen molar-refractivity contribution >= 4 is 33.9 Å². The smallest absolute Gasteiger partial charge is 0.168 e. The van der Waals surface area contributed by atoms with Crippen LogP contribution in [0.5, 0.6) is 0 Å². The van der Waals surface area contributed by atoms with E-state index in [1.807, 2.05) is 23.5 Å². The Morgan fingerprint density at radius 1 is 1.09 bits per heavy atom. The van der Waals surface area contributed by atoms with Gasteiger partial charge in [-0.05, 0) is 31.1 Å². The largest absolute Gasteiger partial charge is 0.360 e. The fraction of sp³-hybridized carbons (Fsp3) is 0.765. The maximum absolute atomic E-state index is 4.96. The zero-order chi connectivity index (χ0) is 15.2. The minimum Gasteiger partial charge on any atom is -0.360 e. The number of fused-ring (bicyclic) bond motifs is 4. The highest BCUT2D eigenvalue weighted by molar-refractivity contribution is 8.17. The number of thioether (sulfide) groups is 2. The topological polar surface area (TPSA) is 40.0 Å². The standard InChI is InChI=1S/C17H24N4S2/c1-2-6-13-12(5-1)18-16(19-13)22-9-11-10-23-17-20-14-7-3-4-8-15(14)21(11)17/h10,12-15H,1-9H2,(H,18,19)/t12-,13-,14+,15+/m1/s1. The molecule has 2 aliphatic carbocycles. The Kier molecular flexibility index (Phi) is 3.85. The van der Waals surface area contributed by atoms with E-state index < -0.39 is 0 Å². The average molecular weight is 349 g/mol. The maximum atomic E-state index is 4.96. The van der Waals surface area contributed by atoms with E-state index in [0.717, 1.165) is 5.75 Å². The summed E-state index contributed by atoms with van der Waals surface area (Å²) in [4.78, 5) is 12.4. The van der Waals surface area contributed by atoms with Gasteiger partial charge in [-0.15, -0.1) is 0 Å². The van der Waals surface area contributed by atoms with Gasteiger partial charge in [0, 0.05) is 11.4 Å². The predicted molar refractivity (Wildman–Crippen MR) is 100 cm³/mol. The summed E-state index contributed by atoms with van der Waals surface area (Å²) in [6.45, 7) is 0. The summed E-state index contributed by atoms with van der Waals surface area (Å²) in [7, 11) is 0. The summed E-state index contributed by atoms with van der Waals surface area (Å²) in [5, 5.41) is 8.42. The van der Waals surface area contributed by atoms with Crippen LogP contribution in [0.15, 0.2) is 21.1 Å². The molecule has 3 aliphatic heterocycles. The fourth-order valence-corrected chi connectivity index (χ4v) is 6.65. The average Bonchev–Trinajstić information content (AvgIpc) is 3.25. The molecule has 4 nitrogen and oxygen atoms in total. The van der Waals surface area contributed by atoms with E-state index in [9.17, 15) is 0 Å². The van der Waals surface area contributed by atoms with Gasteiger partial charge in [0.05, 0.1) is 24.2 Å². The van der Waals surface area contributed by atoms with E-state index >= 15 is 0 Å². The monoisotopic (exact) mass is 348 g/mol. The van der Waals surface area contributed by atoms with Crippen LogP contribution in [-0.2, 0) is 0 Å². The molecule has 2 saturated carbocycles. The van der Waals surface area contributed by atoms with Crippen molar-refractivity contribution in [2.24, 2.45) is 9.98 Å². The SMILES string of the molecule is C1=C(CSC2=N[C@@H]3CCCC[C@H]3N2)N2C(=N[C@H]3CCCC[C@@H]32)S1. The Morgan fingerprint density at radius 3 is 2.83 bits per heavy atom. The van der Waals surface area contributed by atoms with Gasteiger partial charge in [-0.2, -0.15) is 0 Å². The molecule has 124 valence electrons. The van der Waals surface area contributed by atoms with Crippen LogP contribution in [0.2, 0.25) is 0 Å². The van der Waals surface area contributed by atoms with Gasteiger partial charge in [0.15, 0.2) is 10.3 Å². The first-order valence-electron chi connectivity index (χ1n) is 9.08. The molecular weight excluding hydrogens is 324 g/mol. The summed E-state index contributed by atoms with van der Waals surface area (Å²) in [6.07, 6.45) is 10.6. The summed E-state index contributed by atoms with van der Waals surface area (Å²) in [5.74, 6) is 1.03. The third kappa shape index (κ3) is 2.62. The van der Waals surface area contributed by atoms with Gasteiger partial charge in [-0.3, -0.25) is 9.98 Å². The second-order valence-electron chi connectivity index (χ2n) is 7.25. The normalized spacial score (nSPS) is 38.3. The van der Waals surface area contributed by atoms with E-state index in [2.05, 4.69) is 15.6 Å².